The normalized spacial score (nSPS) is 33.5. The number of rotatable bonds is 2. The molecular weight excluding hydrogens is 170 g/mol. The van der Waals surface area contributed by atoms with Crippen LogP contribution in [0.2, 0.25) is 0 Å². The summed E-state index contributed by atoms with van der Waals surface area (Å²) in [6.45, 7) is 2.05. The number of carboxylic acids is 1. The molecule has 3 atom stereocenters. The largest absolute Gasteiger partial charge is 0.481 e. The number of azide groups is 1. The third kappa shape index (κ3) is 2.36. The maximum Gasteiger partial charge on any atom is 0.306 e. The van der Waals surface area contributed by atoms with Crippen molar-refractivity contribution in [1.29, 1.82) is 0 Å². The Hall–Kier alpha value is -1.22. The molecule has 5 nitrogen and oxygen atoms in total. The van der Waals surface area contributed by atoms with E-state index in [4.69, 9.17) is 10.6 Å². The average molecular weight is 183 g/mol. The summed E-state index contributed by atoms with van der Waals surface area (Å²) in [5, 5.41) is 12.4. The second-order valence-electron chi connectivity index (χ2n) is 3.64. The van der Waals surface area contributed by atoms with E-state index >= 15 is 0 Å². The molecule has 1 aliphatic rings. The van der Waals surface area contributed by atoms with Crippen molar-refractivity contribution in [2.24, 2.45) is 17.0 Å². The number of hydrogen-bond donors (Lipinski definition) is 1. The molecule has 72 valence electrons. The zero-order valence-corrected chi connectivity index (χ0v) is 7.55. The van der Waals surface area contributed by atoms with Crippen LogP contribution in [-0.4, -0.2) is 17.1 Å². The molecule has 0 aromatic carbocycles. The van der Waals surface area contributed by atoms with Gasteiger partial charge < -0.3 is 5.11 Å². The minimum absolute atomic E-state index is 0.355. The Morgan fingerprint density at radius 2 is 2.31 bits per heavy atom. The second-order valence-corrected chi connectivity index (χ2v) is 3.64. The van der Waals surface area contributed by atoms with Crippen LogP contribution in [0.4, 0.5) is 0 Å². The Morgan fingerprint density at radius 3 is 2.85 bits per heavy atom. The number of aliphatic carboxylic acids is 1. The van der Waals surface area contributed by atoms with Gasteiger partial charge in [0.1, 0.15) is 0 Å². The highest BCUT2D eigenvalue weighted by Gasteiger charge is 2.32. The Labute approximate surface area is 76.4 Å². The molecule has 0 spiro atoms. The maximum absolute atomic E-state index is 10.8. The first-order valence-electron chi connectivity index (χ1n) is 4.42. The second kappa shape index (κ2) is 4.14. The summed E-state index contributed by atoms with van der Waals surface area (Å²) in [4.78, 5) is 13.5. The van der Waals surface area contributed by atoms with Gasteiger partial charge in [-0.25, -0.2) is 0 Å². The number of hydrogen-bond acceptors (Lipinski definition) is 2. The highest BCUT2D eigenvalue weighted by Crippen LogP contribution is 2.31. The molecule has 5 heteroatoms. The Morgan fingerprint density at radius 1 is 1.62 bits per heavy atom. The molecule has 1 N–H and O–H groups in total. The Kier molecular flexibility index (Phi) is 3.14. The van der Waals surface area contributed by atoms with Crippen molar-refractivity contribution in [1.82, 2.24) is 0 Å². The lowest BCUT2D eigenvalue weighted by atomic mass is 9.79. The molecule has 1 saturated carbocycles. The van der Waals surface area contributed by atoms with Crippen LogP contribution in [0.3, 0.4) is 0 Å². The van der Waals surface area contributed by atoms with Crippen molar-refractivity contribution in [3.05, 3.63) is 10.4 Å². The highest BCUT2D eigenvalue weighted by atomic mass is 16.4. The topological polar surface area (TPSA) is 86.1 Å². The fraction of sp³-hybridized carbons (Fsp3) is 0.875. The van der Waals surface area contributed by atoms with Crippen LogP contribution in [-0.2, 0) is 4.79 Å². The molecule has 0 aliphatic heterocycles. The van der Waals surface area contributed by atoms with E-state index < -0.39 is 11.9 Å². The molecule has 0 bridgehead atoms. The molecule has 0 amide bonds. The fourth-order valence-electron chi connectivity index (χ4n) is 1.83. The average Bonchev–Trinajstić information content (AvgIpc) is 2.04. The van der Waals surface area contributed by atoms with Crippen molar-refractivity contribution < 1.29 is 9.90 Å². The summed E-state index contributed by atoms with van der Waals surface area (Å²) in [6, 6.07) is -0.355. The molecule has 3 unspecified atom stereocenters. The quantitative estimate of drug-likeness (QED) is 0.404. The third-order valence-electron chi connectivity index (χ3n) is 2.60. The molecule has 0 heterocycles. The first-order chi connectivity index (χ1) is 6.15. The van der Waals surface area contributed by atoms with E-state index in [1.165, 1.54) is 0 Å². The molecule has 1 fully saturated rings. The van der Waals surface area contributed by atoms with Gasteiger partial charge in [0.15, 0.2) is 0 Å². The summed E-state index contributed by atoms with van der Waals surface area (Å²) in [7, 11) is 0. The third-order valence-corrected chi connectivity index (χ3v) is 2.60. The van der Waals surface area contributed by atoms with Crippen LogP contribution < -0.4 is 0 Å². The zero-order chi connectivity index (χ0) is 9.84. The lowest BCUT2D eigenvalue weighted by Crippen LogP contribution is -2.32. The van der Waals surface area contributed by atoms with Gasteiger partial charge in [-0.05, 0) is 30.7 Å². The molecule has 0 saturated heterocycles. The monoisotopic (exact) mass is 183 g/mol. The first kappa shape index (κ1) is 9.86. The number of nitrogens with zero attached hydrogens (tertiary/aromatic N) is 3. The van der Waals surface area contributed by atoms with Gasteiger partial charge in [0.05, 0.1) is 12.0 Å². The van der Waals surface area contributed by atoms with E-state index in [0.29, 0.717) is 18.8 Å². The summed E-state index contributed by atoms with van der Waals surface area (Å²) in [6.07, 6.45) is 2.23. The van der Waals surface area contributed by atoms with Gasteiger partial charge in [-0.3, -0.25) is 4.79 Å². The van der Waals surface area contributed by atoms with Crippen LogP contribution in [0.5, 0.6) is 0 Å². The van der Waals surface area contributed by atoms with Gasteiger partial charge in [-0.15, -0.1) is 0 Å². The van der Waals surface area contributed by atoms with Crippen molar-refractivity contribution in [2.75, 3.05) is 0 Å². The minimum atomic E-state index is -0.843. The first-order valence-corrected chi connectivity index (χ1v) is 4.42. The Bertz CT molecular complexity index is 248. The predicted octanol–water partition coefficient (Wildman–Crippen LogP) is 2.19. The van der Waals surface area contributed by atoms with Gasteiger partial charge in [0.2, 0.25) is 0 Å². The van der Waals surface area contributed by atoms with Crippen LogP contribution in [0.15, 0.2) is 5.11 Å². The van der Waals surface area contributed by atoms with Gasteiger partial charge in [0, 0.05) is 4.91 Å². The highest BCUT2D eigenvalue weighted by molar-refractivity contribution is 5.71. The number of carboxylic acid groups (broad SMARTS) is 1. The maximum atomic E-state index is 10.8. The molecule has 1 aliphatic carbocycles. The summed E-state index contributed by atoms with van der Waals surface area (Å²) >= 11 is 0. The van der Waals surface area contributed by atoms with Crippen molar-refractivity contribution >= 4 is 5.97 Å². The van der Waals surface area contributed by atoms with E-state index in [0.717, 1.165) is 6.42 Å². The van der Waals surface area contributed by atoms with E-state index in [-0.39, 0.29) is 6.04 Å². The summed E-state index contributed by atoms with van der Waals surface area (Å²) < 4.78 is 0. The van der Waals surface area contributed by atoms with Gasteiger partial charge >= 0.3 is 5.97 Å². The zero-order valence-electron chi connectivity index (χ0n) is 7.55. The lowest BCUT2D eigenvalue weighted by molar-refractivity contribution is -0.143. The summed E-state index contributed by atoms with van der Waals surface area (Å²) in [5.74, 6) is -0.859. The van der Waals surface area contributed by atoms with E-state index in [9.17, 15) is 4.79 Å². The standard InChI is InChI=1S/C8H13N3O2/c1-5-2-3-6(8(12)13)7(4-5)10-11-9/h5-7H,2-4H2,1H3,(H,12,13). The van der Waals surface area contributed by atoms with Crippen molar-refractivity contribution in [2.45, 2.75) is 32.2 Å². The molecular formula is C8H13N3O2. The van der Waals surface area contributed by atoms with Gasteiger partial charge in [-0.2, -0.15) is 0 Å². The van der Waals surface area contributed by atoms with E-state index in [1.54, 1.807) is 0 Å². The van der Waals surface area contributed by atoms with Crippen LogP contribution in [0, 0.1) is 11.8 Å². The van der Waals surface area contributed by atoms with Gasteiger partial charge in [-0.1, -0.05) is 12.0 Å². The summed E-state index contributed by atoms with van der Waals surface area (Å²) in [5.41, 5.74) is 8.27. The molecule has 1 rings (SSSR count). The van der Waals surface area contributed by atoms with Crippen LogP contribution in [0.1, 0.15) is 26.2 Å². The smallest absolute Gasteiger partial charge is 0.306 e. The predicted molar refractivity (Wildman–Crippen MR) is 47.1 cm³/mol. The van der Waals surface area contributed by atoms with Crippen LogP contribution in [0.25, 0.3) is 10.4 Å². The lowest BCUT2D eigenvalue weighted by Gasteiger charge is -2.28. The number of carbonyl (C=O) groups is 1. The molecule has 13 heavy (non-hydrogen) atoms. The van der Waals surface area contributed by atoms with Crippen molar-refractivity contribution in [3.63, 3.8) is 0 Å². The minimum Gasteiger partial charge on any atom is -0.481 e. The molecule has 0 aromatic heterocycles. The van der Waals surface area contributed by atoms with Crippen molar-refractivity contribution in [3.8, 4) is 0 Å². The molecule has 0 radical (unpaired) electrons. The fourth-order valence-corrected chi connectivity index (χ4v) is 1.83. The van der Waals surface area contributed by atoms with E-state index in [1.807, 2.05) is 0 Å². The molecule has 0 aromatic rings. The SMILES string of the molecule is CC1CCC(C(=O)O)C(N=[N+]=[N-])C1. The van der Waals surface area contributed by atoms with Gasteiger partial charge in [0.25, 0.3) is 0 Å². The van der Waals surface area contributed by atoms with Crippen LogP contribution >= 0.6 is 0 Å². The van der Waals surface area contributed by atoms with E-state index in [2.05, 4.69) is 16.9 Å². The Balaban J connectivity index is 2.71.